The van der Waals surface area contributed by atoms with Gasteiger partial charge in [-0.2, -0.15) is 0 Å². The normalized spacial score (nSPS) is 13.0. The molecule has 0 saturated heterocycles. The van der Waals surface area contributed by atoms with Gasteiger partial charge in [0.1, 0.15) is 10.1 Å². The second-order valence-electron chi connectivity index (χ2n) is 12.3. The van der Waals surface area contributed by atoms with Gasteiger partial charge in [0.25, 0.3) is 0 Å². The molecule has 11 heteroatoms. The number of carbonyl (C=O) groups is 3. The van der Waals surface area contributed by atoms with Crippen LogP contribution in [0.25, 0.3) is 0 Å². The molecule has 0 bridgehead atoms. The van der Waals surface area contributed by atoms with E-state index >= 15 is 0 Å². The zero-order chi connectivity index (χ0) is 27.0. The summed E-state index contributed by atoms with van der Waals surface area (Å²) in [6.45, 7) is 17.0. The van der Waals surface area contributed by atoms with Gasteiger partial charge < -0.3 is 18.8 Å². The molecule has 0 spiro atoms. The number of esters is 3. The van der Waals surface area contributed by atoms with Gasteiger partial charge in [0.05, 0.1) is 32.7 Å². The Balaban J connectivity index is 0. The Bertz CT molecular complexity index is 766. The quantitative estimate of drug-likeness (QED) is 0.157. The maximum absolute atomic E-state index is 12.9. The first-order chi connectivity index (χ1) is 15.1. The molecule has 0 aromatic rings. The van der Waals surface area contributed by atoms with Crippen molar-refractivity contribution in [3.05, 3.63) is 0 Å². The van der Waals surface area contributed by atoms with E-state index in [0.29, 0.717) is 19.3 Å². The molecule has 0 N–H and O–H groups in total. The van der Waals surface area contributed by atoms with Gasteiger partial charge in [-0.3, -0.25) is 14.4 Å². The summed E-state index contributed by atoms with van der Waals surface area (Å²) in [5.74, 6) is -3.62. The summed E-state index contributed by atoms with van der Waals surface area (Å²) in [4.78, 5) is 37.9. The molecular formula is C24H43NaO9S. The molecule has 0 heterocycles. The van der Waals surface area contributed by atoms with Crippen LogP contribution in [0.4, 0.5) is 0 Å². The number of hydrogen-bond acceptors (Lipinski definition) is 9. The average Bonchev–Trinajstić information content (AvgIpc) is 2.56. The molecule has 0 saturated carbocycles. The molecule has 0 fully saturated rings. The standard InChI is InChI=1S/C24H44O9S.Na/c1-21(2,3)10-13-31-18(25)16-24(34(28,29)30,20(27)33-15-12-23(7,8)9)17-19(26)32-14-11-22(4,5)6;/h10-17H2,1-9H3,(H,28,29,30);/q;+1/p-1. The fourth-order valence-electron chi connectivity index (χ4n) is 2.58. The molecular weight excluding hydrogens is 487 g/mol. The Morgan fingerprint density at radius 2 is 0.914 bits per heavy atom. The van der Waals surface area contributed by atoms with Gasteiger partial charge in [-0.25, -0.2) is 8.42 Å². The molecule has 0 aromatic carbocycles. The molecule has 0 aliphatic heterocycles. The Labute approximate surface area is 233 Å². The van der Waals surface area contributed by atoms with Gasteiger partial charge in [-0.05, 0) is 35.5 Å². The molecule has 0 aliphatic rings. The summed E-state index contributed by atoms with van der Waals surface area (Å²) in [5, 5.41) is 0. The second-order valence-corrected chi connectivity index (χ2v) is 14.0. The second kappa shape index (κ2) is 14.3. The van der Waals surface area contributed by atoms with Gasteiger partial charge in [-0.1, -0.05) is 62.3 Å². The molecule has 0 aliphatic carbocycles. The summed E-state index contributed by atoms with van der Waals surface area (Å²) in [7, 11) is -5.51. The van der Waals surface area contributed by atoms with Gasteiger partial charge in [0.15, 0.2) is 4.75 Å². The first-order valence-electron chi connectivity index (χ1n) is 11.5. The maximum atomic E-state index is 12.9. The van der Waals surface area contributed by atoms with Crippen LogP contribution in [0.3, 0.4) is 0 Å². The monoisotopic (exact) mass is 530 g/mol. The predicted octanol–water partition coefficient (Wildman–Crippen LogP) is 0.993. The SMILES string of the molecule is CC(C)(C)CCOC(=O)CC(CC(=O)OCCC(C)(C)C)(C(=O)OCCC(C)(C)C)S(=O)(=O)[O-].[Na+]. The first kappa shape index (κ1) is 36.5. The van der Waals surface area contributed by atoms with Crippen molar-refractivity contribution in [3.63, 3.8) is 0 Å². The van der Waals surface area contributed by atoms with E-state index in [1.807, 2.05) is 62.3 Å². The molecule has 0 aromatic heterocycles. The Morgan fingerprint density at radius 3 is 1.17 bits per heavy atom. The van der Waals surface area contributed by atoms with Crippen LogP contribution in [0, 0.1) is 16.2 Å². The van der Waals surface area contributed by atoms with E-state index in [2.05, 4.69) is 0 Å². The molecule has 200 valence electrons. The van der Waals surface area contributed by atoms with Crippen molar-refractivity contribution in [3.8, 4) is 0 Å². The van der Waals surface area contributed by atoms with Crippen LogP contribution in [0.2, 0.25) is 0 Å². The molecule has 0 radical (unpaired) electrons. The summed E-state index contributed by atoms with van der Waals surface area (Å²) >= 11 is 0. The average molecular weight is 531 g/mol. The van der Waals surface area contributed by atoms with E-state index < -0.39 is 45.6 Å². The third-order valence-electron chi connectivity index (χ3n) is 5.03. The van der Waals surface area contributed by atoms with Crippen molar-refractivity contribution in [2.24, 2.45) is 16.2 Å². The minimum atomic E-state index is -5.51. The predicted molar refractivity (Wildman–Crippen MR) is 127 cm³/mol. The van der Waals surface area contributed by atoms with Crippen LogP contribution in [0.1, 0.15) is 94.4 Å². The third kappa shape index (κ3) is 15.9. The summed E-state index contributed by atoms with van der Waals surface area (Å²) in [6, 6.07) is 0. The Morgan fingerprint density at radius 1 is 0.629 bits per heavy atom. The topological polar surface area (TPSA) is 136 Å². The van der Waals surface area contributed by atoms with Gasteiger partial charge in [-0.15, -0.1) is 0 Å². The smallest absolute Gasteiger partial charge is 0.747 e. The molecule has 0 amide bonds. The summed E-state index contributed by atoms with van der Waals surface area (Å²) in [6.07, 6.45) is -0.946. The third-order valence-corrected chi connectivity index (χ3v) is 6.44. The van der Waals surface area contributed by atoms with Crippen LogP contribution in [0.5, 0.6) is 0 Å². The van der Waals surface area contributed by atoms with Crippen molar-refractivity contribution < 1.29 is 71.1 Å². The van der Waals surface area contributed by atoms with Crippen LogP contribution < -0.4 is 29.6 Å². The largest absolute Gasteiger partial charge is 1.00 e. The van der Waals surface area contributed by atoms with Crippen LogP contribution in [-0.4, -0.2) is 55.4 Å². The zero-order valence-corrected chi connectivity index (χ0v) is 26.1. The van der Waals surface area contributed by atoms with Crippen molar-refractivity contribution >= 4 is 28.0 Å². The van der Waals surface area contributed by atoms with Crippen molar-refractivity contribution in [1.29, 1.82) is 0 Å². The number of rotatable bonds is 12. The minimum Gasteiger partial charge on any atom is -0.747 e. The maximum Gasteiger partial charge on any atom is 1.00 e. The minimum absolute atomic E-state index is 0. The van der Waals surface area contributed by atoms with Gasteiger partial charge in [0, 0.05) is 0 Å². The number of ether oxygens (including phenoxy) is 3. The van der Waals surface area contributed by atoms with E-state index in [9.17, 15) is 27.4 Å². The van der Waals surface area contributed by atoms with Crippen molar-refractivity contribution in [2.75, 3.05) is 19.8 Å². The Hall–Kier alpha value is -0.680. The fraction of sp³-hybridized carbons (Fsp3) is 0.875. The van der Waals surface area contributed by atoms with Gasteiger partial charge >= 0.3 is 47.5 Å². The first-order valence-corrected chi connectivity index (χ1v) is 12.9. The van der Waals surface area contributed by atoms with Crippen molar-refractivity contribution in [2.45, 2.75) is 99.2 Å². The van der Waals surface area contributed by atoms with Crippen LogP contribution >= 0.6 is 0 Å². The van der Waals surface area contributed by atoms with E-state index in [1.54, 1.807) is 0 Å². The fourth-order valence-corrected chi connectivity index (χ4v) is 3.43. The molecule has 0 unspecified atom stereocenters. The molecule has 0 rings (SSSR count). The van der Waals surface area contributed by atoms with Gasteiger partial charge in [0.2, 0.25) is 0 Å². The Kier molecular flexibility index (Phi) is 14.9. The summed E-state index contributed by atoms with van der Waals surface area (Å²) < 4.78 is 49.3. The van der Waals surface area contributed by atoms with Crippen LogP contribution in [0.15, 0.2) is 0 Å². The summed E-state index contributed by atoms with van der Waals surface area (Å²) in [5.41, 5.74) is -0.563. The van der Waals surface area contributed by atoms with Crippen molar-refractivity contribution in [1.82, 2.24) is 0 Å². The molecule has 0 atom stereocenters. The van der Waals surface area contributed by atoms with E-state index in [4.69, 9.17) is 14.2 Å². The van der Waals surface area contributed by atoms with E-state index in [0.717, 1.165) is 0 Å². The molecule has 9 nitrogen and oxygen atoms in total. The van der Waals surface area contributed by atoms with E-state index in [-0.39, 0.29) is 65.6 Å². The number of hydrogen-bond donors (Lipinski definition) is 0. The molecule has 35 heavy (non-hydrogen) atoms. The van der Waals surface area contributed by atoms with Crippen LogP contribution in [-0.2, 0) is 38.7 Å². The van der Waals surface area contributed by atoms with E-state index in [1.165, 1.54) is 0 Å². The zero-order valence-electron chi connectivity index (χ0n) is 23.2. The number of carbonyl (C=O) groups excluding carboxylic acids is 3.